The maximum absolute atomic E-state index is 12.7. The van der Waals surface area contributed by atoms with Gasteiger partial charge in [0, 0.05) is 12.0 Å². The molecule has 0 aromatic heterocycles. The Kier molecular flexibility index (Phi) is 5.91. The summed E-state index contributed by atoms with van der Waals surface area (Å²) in [6.45, 7) is 3.39. The minimum absolute atomic E-state index is 0.0390. The first-order valence-electron chi connectivity index (χ1n) is 11.0. The third-order valence-electron chi connectivity index (χ3n) is 6.83. The van der Waals surface area contributed by atoms with Gasteiger partial charge in [-0.1, -0.05) is 55.0 Å². The number of carboxylic acid groups (broad SMARTS) is 1. The molecule has 2 aliphatic carbocycles. The van der Waals surface area contributed by atoms with Crippen LogP contribution in [0.15, 0.2) is 48.5 Å². The van der Waals surface area contributed by atoms with Gasteiger partial charge in [-0.2, -0.15) is 0 Å². The molecule has 0 heterocycles. The zero-order valence-electron chi connectivity index (χ0n) is 18.3. The number of fused-ring (bicyclic) bond motifs is 3. The zero-order valence-corrected chi connectivity index (χ0v) is 18.3. The molecule has 2 unspecified atom stereocenters. The number of ether oxygens (including phenoxy) is 1. The van der Waals surface area contributed by atoms with Crippen molar-refractivity contribution < 1.29 is 24.2 Å². The number of hydrogen-bond donors (Lipinski definition) is 3. The van der Waals surface area contributed by atoms with Gasteiger partial charge in [-0.15, -0.1) is 0 Å². The van der Waals surface area contributed by atoms with E-state index >= 15 is 0 Å². The van der Waals surface area contributed by atoms with E-state index in [1.54, 1.807) is 6.92 Å². The number of aliphatic carboxylic acids is 1. The van der Waals surface area contributed by atoms with Gasteiger partial charge in [0.05, 0.1) is 5.41 Å². The Hall–Kier alpha value is -3.35. The quantitative estimate of drug-likeness (QED) is 0.641. The molecule has 4 rings (SSSR count). The number of carbonyl (C=O) groups is 3. The number of hydrogen-bond acceptors (Lipinski definition) is 4. The Labute approximate surface area is 187 Å². The molecule has 0 saturated heterocycles. The van der Waals surface area contributed by atoms with E-state index in [1.807, 2.05) is 24.3 Å². The Morgan fingerprint density at radius 3 is 2.28 bits per heavy atom. The van der Waals surface area contributed by atoms with Crippen LogP contribution in [0.5, 0.6) is 0 Å². The SMILES string of the molecule is C[C@@H](NC(=O)C1(C)CCCC1NC(=O)OCC1c2ccccc2-c2ccccc21)C(=O)O. The van der Waals surface area contributed by atoms with Crippen molar-refractivity contribution in [3.8, 4) is 11.1 Å². The zero-order chi connectivity index (χ0) is 22.9. The number of alkyl carbamates (subject to hydrolysis) is 1. The summed E-state index contributed by atoms with van der Waals surface area (Å²) in [4.78, 5) is 36.5. The molecule has 0 spiro atoms. The van der Waals surface area contributed by atoms with Crippen LogP contribution in [0.1, 0.15) is 50.2 Å². The summed E-state index contributed by atoms with van der Waals surface area (Å²) >= 11 is 0. The van der Waals surface area contributed by atoms with Crippen LogP contribution >= 0.6 is 0 Å². The molecule has 2 amide bonds. The normalized spacial score (nSPS) is 22.5. The Balaban J connectivity index is 1.41. The van der Waals surface area contributed by atoms with E-state index < -0.39 is 29.6 Å². The predicted octanol–water partition coefficient (Wildman–Crippen LogP) is 3.67. The van der Waals surface area contributed by atoms with E-state index in [2.05, 4.69) is 34.9 Å². The lowest BCUT2D eigenvalue weighted by Gasteiger charge is -2.31. The van der Waals surface area contributed by atoms with Crippen LogP contribution in [-0.2, 0) is 14.3 Å². The van der Waals surface area contributed by atoms with Crippen LogP contribution in [0.4, 0.5) is 4.79 Å². The molecule has 168 valence electrons. The first kappa shape index (κ1) is 21.9. The topological polar surface area (TPSA) is 105 Å². The number of benzene rings is 2. The van der Waals surface area contributed by atoms with Gasteiger partial charge in [-0.3, -0.25) is 9.59 Å². The van der Waals surface area contributed by atoms with Crippen molar-refractivity contribution >= 4 is 18.0 Å². The fraction of sp³-hybridized carbons (Fsp3) is 0.400. The van der Waals surface area contributed by atoms with E-state index in [0.29, 0.717) is 12.8 Å². The summed E-state index contributed by atoms with van der Waals surface area (Å²) in [5, 5.41) is 14.5. The van der Waals surface area contributed by atoms with Gasteiger partial charge in [0.2, 0.25) is 5.91 Å². The first-order valence-corrected chi connectivity index (χ1v) is 11.0. The van der Waals surface area contributed by atoms with E-state index in [9.17, 15) is 14.4 Å². The molecule has 1 fully saturated rings. The molecule has 3 atom stereocenters. The minimum atomic E-state index is -1.10. The minimum Gasteiger partial charge on any atom is -0.480 e. The fourth-order valence-corrected chi connectivity index (χ4v) is 4.88. The van der Waals surface area contributed by atoms with Gasteiger partial charge in [0.25, 0.3) is 0 Å². The molecular formula is C25H28N2O5. The van der Waals surface area contributed by atoms with Crippen molar-refractivity contribution in [3.63, 3.8) is 0 Å². The molecule has 0 radical (unpaired) electrons. The number of nitrogens with one attached hydrogen (secondary N) is 2. The van der Waals surface area contributed by atoms with Crippen molar-refractivity contribution in [1.29, 1.82) is 0 Å². The summed E-state index contributed by atoms with van der Waals surface area (Å²) < 4.78 is 5.62. The van der Waals surface area contributed by atoms with Gasteiger partial charge < -0.3 is 20.5 Å². The summed E-state index contributed by atoms with van der Waals surface area (Å²) in [7, 11) is 0. The first-order chi connectivity index (χ1) is 15.3. The second-order valence-electron chi connectivity index (χ2n) is 8.87. The summed E-state index contributed by atoms with van der Waals surface area (Å²) in [6.07, 6.45) is 1.40. The molecule has 7 heteroatoms. The second-order valence-corrected chi connectivity index (χ2v) is 8.87. The number of amides is 2. The highest BCUT2D eigenvalue weighted by molar-refractivity contribution is 5.88. The fourth-order valence-electron chi connectivity index (χ4n) is 4.88. The van der Waals surface area contributed by atoms with Crippen molar-refractivity contribution in [2.75, 3.05) is 6.61 Å². The van der Waals surface area contributed by atoms with Crippen molar-refractivity contribution in [1.82, 2.24) is 10.6 Å². The average Bonchev–Trinajstić information content (AvgIpc) is 3.31. The molecule has 0 aliphatic heterocycles. The Morgan fingerprint density at radius 2 is 1.69 bits per heavy atom. The predicted molar refractivity (Wildman–Crippen MR) is 119 cm³/mol. The van der Waals surface area contributed by atoms with Crippen molar-refractivity contribution in [2.24, 2.45) is 5.41 Å². The average molecular weight is 437 g/mol. The van der Waals surface area contributed by atoms with E-state index in [-0.39, 0.29) is 18.4 Å². The van der Waals surface area contributed by atoms with Crippen molar-refractivity contribution in [2.45, 2.75) is 51.1 Å². The van der Waals surface area contributed by atoms with Crippen LogP contribution in [0.3, 0.4) is 0 Å². The van der Waals surface area contributed by atoms with Crippen LogP contribution in [-0.4, -0.2) is 41.8 Å². The van der Waals surface area contributed by atoms with Gasteiger partial charge in [0.1, 0.15) is 12.6 Å². The monoisotopic (exact) mass is 436 g/mol. The Bertz CT molecular complexity index is 1010. The maximum Gasteiger partial charge on any atom is 0.407 e. The Morgan fingerprint density at radius 1 is 1.09 bits per heavy atom. The van der Waals surface area contributed by atoms with Crippen molar-refractivity contribution in [3.05, 3.63) is 59.7 Å². The third kappa shape index (κ3) is 3.95. The largest absolute Gasteiger partial charge is 0.480 e. The molecule has 1 saturated carbocycles. The lowest BCUT2D eigenvalue weighted by atomic mass is 9.83. The summed E-state index contributed by atoms with van der Waals surface area (Å²) in [5.74, 6) is -1.50. The van der Waals surface area contributed by atoms with Crippen LogP contribution in [0, 0.1) is 5.41 Å². The van der Waals surface area contributed by atoms with Gasteiger partial charge in [-0.05, 0) is 48.9 Å². The number of carboxylic acids is 1. The summed E-state index contributed by atoms with van der Waals surface area (Å²) in [6, 6.07) is 14.8. The molecule has 3 N–H and O–H groups in total. The van der Waals surface area contributed by atoms with Crippen LogP contribution < -0.4 is 10.6 Å². The lowest BCUT2D eigenvalue weighted by Crippen LogP contribution is -2.53. The summed E-state index contributed by atoms with van der Waals surface area (Å²) in [5.41, 5.74) is 3.70. The van der Waals surface area contributed by atoms with E-state index in [0.717, 1.165) is 28.7 Å². The second kappa shape index (κ2) is 8.65. The highest BCUT2D eigenvalue weighted by Crippen LogP contribution is 2.44. The van der Waals surface area contributed by atoms with Gasteiger partial charge in [-0.25, -0.2) is 4.79 Å². The highest BCUT2D eigenvalue weighted by Gasteiger charge is 2.46. The standard InChI is InChI=1S/C25H28N2O5/c1-15(22(28)29)26-23(30)25(2)13-7-12-21(25)27-24(31)32-14-20-18-10-5-3-8-16(18)17-9-4-6-11-19(17)20/h3-6,8-11,15,20-21H,7,12-14H2,1-2H3,(H,26,30)(H,27,31)(H,28,29)/t15-,21?,25?/m1/s1. The molecule has 2 aliphatic rings. The van der Waals surface area contributed by atoms with Crippen LogP contribution in [0.25, 0.3) is 11.1 Å². The third-order valence-corrected chi connectivity index (χ3v) is 6.83. The lowest BCUT2D eigenvalue weighted by molar-refractivity contribution is -0.143. The molecule has 0 bridgehead atoms. The maximum atomic E-state index is 12.7. The highest BCUT2D eigenvalue weighted by atomic mass is 16.5. The molecule has 2 aromatic carbocycles. The van der Waals surface area contributed by atoms with Gasteiger partial charge in [0.15, 0.2) is 0 Å². The van der Waals surface area contributed by atoms with Crippen LogP contribution in [0.2, 0.25) is 0 Å². The molecule has 32 heavy (non-hydrogen) atoms. The van der Waals surface area contributed by atoms with Gasteiger partial charge >= 0.3 is 12.1 Å². The number of rotatable bonds is 6. The number of carbonyl (C=O) groups excluding carboxylic acids is 2. The smallest absolute Gasteiger partial charge is 0.407 e. The van der Waals surface area contributed by atoms with E-state index in [1.165, 1.54) is 6.92 Å². The molecule has 2 aromatic rings. The molecular weight excluding hydrogens is 408 g/mol. The van der Waals surface area contributed by atoms with E-state index in [4.69, 9.17) is 9.84 Å². The molecule has 7 nitrogen and oxygen atoms in total.